The van der Waals surface area contributed by atoms with Crippen LogP contribution >= 0.6 is 0 Å². The molecule has 0 aliphatic heterocycles. The first-order valence-corrected chi connectivity index (χ1v) is 18.5. The summed E-state index contributed by atoms with van der Waals surface area (Å²) in [7, 11) is 4.45. The van der Waals surface area contributed by atoms with Crippen LogP contribution in [0.25, 0.3) is 0 Å². The van der Waals surface area contributed by atoms with E-state index >= 15 is 0 Å². The average Bonchev–Trinajstić information content (AvgIpc) is 2.88. The summed E-state index contributed by atoms with van der Waals surface area (Å²) >= 11 is 0. The third-order valence-corrected chi connectivity index (χ3v) is 10.5. The summed E-state index contributed by atoms with van der Waals surface area (Å²) in [5.74, 6) is 0.741. The molecule has 1 amide bonds. The molecule has 0 heterocycles. The number of hydrogen-bond donors (Lipinski definition) is 1. The van der Waals surface area contributed by atoms with Crippen LogP contribution in [-0.2, 0) is 32.2 Å². The molecule has 0 aromatic rings. The molecule has 238 valence electrons. The first-order valence-electron chi connectivity index (χ1n) is 14.7. The Balaban J connectivity index is 4.89. The van der Waals surface area contributed by atoms with Crippen molar-refractivity contribution >= 4 is 30.4 Å². The molecule has 0 spiro atoms. The quantitative estimate of drug-likeness (QED) is 0.0575. The molecule has 0 aliphatic rings. The van der Waals surface area contributed by atoms with Gasteiger partial charge in [0, 0.05) is 80.4 Å². The minimum Gasteiger partial charge on any atom is -0.442 e. The van der Waals surface area contributed by atoms with Gasteiger partial charge in [-0.15, -0.1) is 0 Å². The van der Waals surface area contributed by atoms with Crippen LogP contribution in [0.1, 0.15) is 47.5 Å². The predicted molar refractivity (Wildman–Crippen MR) is 164 cm³/mol. The van der Waals surface area contributed by atoms with E-state index in [1.165, 1.54) is 0 Å². The van der Waals surface area contributed by atoms with Gasteiger partial charge in [-0.2, -0.15) is 0 Å². The maximum Gasteiger partial charge on any atom is 0.500 e. The molecule has 12 nitrogen and oxygen atoms in total. The van der Waals surface area contributed by atoms with Crippen LogP contribution in [0.5, 0.6) is 0 Å². The zero-order valence-corrected chi connectivity index (χ0v) is 29.1. The highest BCUT2D eigenvalue weighted by molar-refractivity contribution is 6.60. The van der Waals surface area contributed by atoms with E-state index < -0.39 is 30.5 Å². The Bertz CT molecular complexity index is 629. The molecule has 0 rings (SSSR count). The lowest BCUT2D eigenvalue weighted by Gasteiger charge is -2.28. The van der Waals surface area contributed by atoms with E-state index in [2.05, 4.69) is 10.3 Å². The van der Waals surface area contributed by atoms with Crippen molar-refractivity contribution in [2.24, 2.45) is 4.99 Å². The van der Waals surface area contributed by atoms with Crippen molar-refractivity contribution in [3.8, 4) is 0 Å². The third kappa shape index (κ3) is 18.2. The molecule has 1 unspecified atom stereocenters. The normalized spacial score (nSPS) is 12.7. The van der Waals surface area contributed by atoms with E-state index in [-0.39, 0.29) is 12.5 Å². The zero-order chi connectivity index (χ0) is 30.2. The zero-order valence-electron chi connectivity index (χ0n) is 26.7. The lowest BCUT2D eigenvalue weighted by molar-refractivity contribution is -0.0828. The minimum atomic E-state index is -2.74. The highest BCUT2D eigenvalue weighted by Gasteiger charge is 2.39. The van der Waals surface area contributed by atoms with Gasteiger partial charge in [-0.1, -0.05) is 6.04 Å². The van der Waals surface area contributed by atoms with Crippen LogP contribution in [-0.4, -0.2) is 140 Å². The van der Waals surface area contributed by atoms with Crippen LogP contribution in [0.2, 0.25) is 12.1 Å². The van der Waals surface area contributed by atoms with Gasteiger partial charge in [0.2, 0.25) is 0 Å². The van der Waals surface area contributed by atoms with Gasteiger partial charge in [0.1, 0.15) is 12.0 Å². The van der Waals surface area contributed by atoms with Gasteiger partial charge >= 0.3 is 14.9 Å². The fourth-order valence-electron chi connectivity index (χ4n) is 4.00. The standard InChI is InChI=1S/C26H58N4O8Si2/c1-10-33-26(34-11-2)39-19-16-18-32-22-23(21-28-24(29(6)7)30(8)9)38-25(31)27-17-15-20-40(35-12-3,36-13-4)37-14-5/h23,26H,10-22,39H2,1-9H3,(H,27,31). The van der Waals surface area contributed by atoms with E-state index in [0.717, 1.165) is 18.4 Å². The second kappa shape index (κ2) is 24.3. The lowest BCUT2D eigenvalue weighted by atomic mass is 10.4. The number of ether oxygens (including phenoxy) is 4. The molecule has 0 aromatic heterocycles. The summed E-state index contributed by atoms with van der Waals surface area (Å²) in [6, 6.07) is 1.67. The van der Waals surface area contributed by atoms with Crippen molar-refractivity contribution < 1.29 is 37.0 Å². The number of carbonyl (C=O) groups excluding carboxylic acids is 1. The van der Waals surface area contributed by atoms with Crippen molar-refractivity contribution in [3.05, 3.63) is 0 Å². The number of alkyl carbamates (subject to hydrolysis) is 1. The maximum absolute atomic E-state index is 12.6. The van der Waals surface area contributed by atoms with E-state index in [1.54, 1.807) is 0 Å². The van der Waals surface area contributed by atoms with E-state index in [0.29, 0.717) is 65.2 Å². The molecule has 40 heavy (non-hydrogen) atoms. The van der Waals surface area contributed by atoms with Crippen LogP contribution < -0.4 is 5.32 Å². The molecule has 0 fully saturated rings. The number of carbonyl (C=O) groups is 1. The fourth-order valence-corrected chi connectivity index (χ4v) is 8.24. The van der Waals surface area contributed by atoms with Crippen molar-refractivity contribution in [1.29, 1.82) is 0 Å². The van der Waals surface area contributed by atoms with Gasteiger partial charge in [0.15, 0.2) is 5.96 Å². The Morgan fingerprint density at radius 1 is 0.875 bits per heavy atom. The summed E-state index contributed by atoms with van der Waals surface area (Å²) in [6.07, 6.45) is 0.549. The number of amides is 1. The van der Waals surface area contributed by atoms with Gasteiger partial charge in [-0.25, -0.2) is 9.79 Å². The minimum absolute atomic E-state index is 0.0389. The largest absolute Gasteiger partial charge is 0.500 e. The highest BCUT2D eigenvalue weighted by Crippen LogP contribution is 2.17. The van der Waals surface area contributed by atoms with Crippen LogP contribution in [0, 0.1) is 0 Å². The van der Waals surface area contributed by atoms with Gasteiger partial charge in [-0.3, -0.25) is 0 Å². The average molecular weight is 611 g/mol. The Labute approximate surface area is 246 Å². The van der Waals surface area contributed by atoms with Crippen LogP contribution in [0.3, 0.4) is 0 Å². The lowest BCUT2D eigenvalue weighted by Crippen LogP contribution is -2.46. The third-order valence-electron chi connectivity index (χ3n) is 5.52. The van der Waals surface area contributed by atoms with Crippen LogP contribution in [0.4, 0.5) is 4.79 Å². The maximum atomic E-state index is 12.6. The van der Waals surface area contributed by atoms with E-state index in [1.807, 2.05) is 72.6 Å². The van der Waals surface area contributed by atoms with E-state index in [4.69, 9.17) is 32.2 Å². The summed E-state index contributed by atoms with van der Waals surface area (Å²) in [6.45, 7) is 14.2. The van der Waals surface area contributed by atoms with Crippen molar-refractivity contribution in [2.75, 3.05) is 87.5 Å². The number of aliphatic imine (C=N–C) groups is 1. The van der Waals surface area contributed by atoms with Crippen molar-refractivity contribution in [1.82, 2.24) is 15.1 Å². The molecule has 0 aliphatic carbocycles. The topological polar surface area (TPSA) is 113 Å². The summed E-state index contributed by atoms with van der Waals surface area (Å²) in [5.41, 5.74) is 0. The Kier molecular flexibility index (Phi) is 23.6. The van der Waals surface area contributed by atoms with Gasteiger partial charge in [0.05, 0.1) is 22.7 Å². The van der Waals surface area contributed by atoms with Crippen LogP contribution in [0.15, 0.2) is 4.99 Å². The first-order chi connectivity index (χ1) is 19.2. The Morgan fingerprint density at radius 3 is 1.95 bits per heavy atom. The molecule has 0 radical (unpaired) electrons. The predicted octanol–water partition coefficient (Wildman–Crippen LogP) is 2.35. The molecule has 1 N–H and O–H groups in total. The molecule has 1 atom stereocenters. The number of nitrogens with zero attached hydrogens (tertiary/aromatic N) is 3. The Morgan fingerprint density at radius 2 is 1.45 bits per heavy atom. The molecule has 0 saturated heterocycles. The highest BCUT2D eigenvalue weighted by atomic mass is 28.4. The summed E-state index contributed by atoms with van der Waals surface area (Å²) < 4.78 is 40.6. The second-order valence-corrected chi connectivity index (χ2v) is 14.1. The smallest absolute Gasteiger partial charge is 0.442 e. The summed E-state index contributed by atoms with van der Waals surface area (Å²) in [4.78, 5) is 21.1. The van der Waals surface area contributed by atoms with Gasteiger partial charge in [0.25, 0.3) is 0 Å². The van der Waals surface area contributed by atoms with Gasteiger partial charge in [-0.05, 0) is 47.5 Å². The van der Waals surface area contributed by atoms with Gasteiger partial charge < -0.3 is 47.3 Å². The molecular formula is C26H58N4O8Si2. The molecular weight excluding hydrogens is 552 g/mol. The number of hydrogen-bond acceptors (Lipinski definition) is 9. The van der Waals surface area contributed by atoms with Crippen molar-refractivity contribution in [3.63, 3.8) is 0 Å². The second-order valence-electron chi connectivity index (χ2n) is 9.38. The number of nitrogens with one attached hydrogen (secondary N) is 1. The first kappa shape index (κ1) is 38.7. The fraction of sp³-hybridized carbons (Fsp3) is 0.923. The molecule has 14 heteroatoms. The number of guanidine groups is 1. The molecule has 0 bridgehead atoms. The summed E-state index contributed by atoms with van der Waals surface area (Å²) in [5, 5.41) is 2.84. The van der Waals surface area contributed by atoms with E-state index in [9.17, 15) is 4.79 Å². The van der Waals surface area contributed by atoms with Crippen molar-refractivity contribution in [2.45, 2.75) is 71.6 Å². The SMILES string of the molecule is CCOC(OCC)[SiH2]CCCOCC(CN=C(N(C)C)N(C)C)OC(=O)NCCC[Si](OCC)(OCC)OCC. The number of rotatable bonds is 24. The monoisotopic (exact) mass is 610 g/mol. The molecule has 0 aromatic carbocycles. The Hall–Kier alpha value is -1.27. The molecule has 0 saturated carbocycles.